The standard InChI is InChI=1S/C31H52O5Si/c1-10-31(7,11-2)29(33)35-25-17-13-15-21-14-12-16-23(26(21)25)20(3)18-22-19-24(30(4,5)6)27(28(32)34-22)36-37(8)9/h12,14-15,20,22-27,37H,10-11,13,16-19H2,1-9H3/t20-,22+,23-,24-,25-,26-,27?/m0/s1. The molecule has 1 aliphatic heterocycles. The second kappa shape index (κ2) is 12.2. The van der Waals surface area contributed by atoms with Crippen LogP contribution in [0.5, 0.6) is 0 Å². The van der Waals surface area contributed by atoms with E-state index in [0.717, 1.165) is 44.9 Å². The highest BCUT2D eigenvalue weighted by Gasteiger charge is 2.47. The molecule has 1 fully saturated rings. The molecular weight excluding hydrogens is 480 g/mol. The van der Waals surface area contributed by atoms with Gasteiger partial charge in [-0.25, -0.2) is 4.79 Å². The average molecular weight is 533 g/mol. The molecule has 5 nitrogen and oxygen atoms in total. The first-order chi connectivity index (χ1) is 17.3. The Kier molecular flexibility index (Phi) is 9.93. The minimum absolute atomic E-state index is 0.0355. The van der Waals surface area contributed by atoms with Crippen molar-refractivity contribution in [1.82, 2.24) is 0 Å². The first-order valence-electron chi connectivity index (χ1n) is 14.7. The molecule has 0 aromatic heterocycles. The molecule has 0 saturated carbocycles. The van der Waals surface area contributed by atoms with Crippen molar-refractivity contribution in [1.29, 1.82) is 0 Å². The second-order valence-electron chi connectivity index (χ2n) is 13.4. The van der Waals surface area contributed by atoms with Gasteiger partial charge in [0.05, 0.1) is 5.41 Å². The summed E-state index contributed by atoms with van der Waals surface area (Å²) in [4.78, 5) is 26.3. The molecule has 0 aromatic carbocycles. The lowest BCUT2D eigenvalue weighted by atomic mass is 9.66. The van der Waals surface area contributed by atoms with E-state index in [-0.39, 0.29) is 41.4 Å². The second-order valence-corrected chi connectivity index (χ2v) is 15.8. The molecule has 0 N–H and O–H groups in total. The number of ether oxygens (including phenoxy) is 2. The molecule has 0 bridgehead atoms. The molecular formula is C31H52O5Si. The molecule has 7 atom stereocenters. The van der Waals surface area contributed by atoms with Crippen LogP contribution in [0.25, 0.3) is 0 Å². The Labute approximate surface area is 227 Å². The summed E-state index contributed by atoms with van der Waals surface area (Å²) < 4.78 is 18.5. The van der Waals surface area contributed by atoms with Crippen molar-refractivity contribution >= 4 is 21.0 Å². The Morgan fingerprint density at radius 2 is 1.86 bits per heavy atom. The van der Waals surface area contributed by atoms with Crippen LogP contribution < -0.4 is 0 Å². The summed E-state index contributed by atoms with van der Waals surface area (Å²) in [5.41, 5.74) is 0.847. The van der Waals surface area contributed by atoms with Crippen molar-refractivity contribution in [2.45, 2.75) is 125 Å². The molecule has 210 valence electrons. The van der Waals surface area contributed by atoms with Crippen LogP contribution >= 0.6 is 0 Å². The molecule has 0 aromatic rings. The number of hydrogen-bond acceptors (Lipinski definition) is 5. The molecule has 1 heterocycles. The van der Waals surface area contributed by atoms with Crippen LogP contribution in [0.15, 0.2) is 23.8 Å². The Hall–Kier alpha value is -1.40. The van der Waals surface area contributed by atoms with Gasteiger partial charge in [0.25, 0.3) is 0 Å². The largest absolute Gasteiger partial charge is 0.461 e. The fourth-order valence-corrected chi connectivity index (χ4v) is 7.41. The van der Waals surface area contributed by atoms with Crippen LogP contribution in [-0.4, -0.2) is 39.3 Å². The number of carbonyl (C=O) groups is 2. The van der Waals surface area contributed by atoms with Gasteiger partial charge in [-0.3, -0.25) is 4.79 Å². The van der Waals surface area contributed by atoms with Crippen LogP contribution in [0.1, 0.15) is 93.4 Å². The number of fused-ring (bicyclic) bond motifs is 1. The summed E-state index contributed by atoms with van der Waals surface area (Å²) in [5, 5.41) is 0. The van der Waals surface area contributed by atoms with Gasteiger partial charge in [-0.2, -0.15) is 0 Å². The maximum Gasteiger partial charge on any atom is 0.334 e. The van der Waals surface area contributed by atoms with E-state index in [1.54, 1.807) is 0 Å². The van der Waals surface area contributed by atoms with Crippen LogP contribution in [-0.2, 0) is 23.5 Å². The Balaban J connectivity index is 1.76. The summed E-state index contributed by atoms with van der Waals surface area (Å²) in [7, 11) is -1.37. The van der Waals surface area contributed by atoms with Crippen LogP contribution in [0.4, 0.5) is 0 Å². The van der Waals surface area contributed by atoms with E-state index in [1.165, 1.54) is 5.57 Å². The maximum absolute atomic E-state index is 13.2. The van der Waals surface area contributed by atoms with Gasteiger partial charge in [0.15, 0.2) is 9.04 Å². The summed E-state index contributed by atoms with van der Waals surface area (Å²) in [6.07, 6.45) is 12.2. The fourth-order valence-electron chi connectivity index (χ4n) is 6.53. The van der Waals surface area contributed by atoms with Crippen molar-refractivity contribution in [2.24, 2.45) is 34.5 Å². The van der Waals surface area contributed by atoms with E-state index in [9.17, 15) is 9.59 Å². The van der Waals surface area contributed by atoms with Gasteiger partial charge in [-0.15, -0.1) is 0 Å². The topological polar surface area (TPSA) is 61.8 Å². The monoisotopic (exact) mass is 532 g/mol. The number of cyclic esters (lactones) is 1. The van der Waals surface area contributed by atoms with E-state index in [2.05, 4.69) is 72.9 Å². The Bertz CT molecular complexity index is 865. The van der Waals surface area contributed by atoms with Gasteiger partial charge in [0, 0.05) is 11.8 Å². The highest BCUT2D eigenvalue weighted by molar-refractivity contribution is 6.48. The summed E-state index contributed by atoms with van der Waals surface area (Å²) in [6, 6.07) is 0. The third kappa shape index (κ3) is 6.98. The van der Waals surface area contributed by atoms with Gasteiger partial charge >= 0.3 is 11.9 Å². The van der Waals surface area contributed by atoms with Crippen LogP contribution in [0.3, 0.4) is 0 Å². The number of hydrogen-bond donors (Lipinski definition) is 0. The van der Waals surface area contributed by atoms with Gasteiger partial charge in [0.2, 0.25) is 0 Å². The first kappa shape index (κ1) is 30.1. The van der Waals surface area contributed by atoms with Gasteiger partial charge in [-0.1, -0.05) is 59.8 Å². The van der Waals surface area contributed by atoms with E-state index >= 15 is 0 Å². The smallest absolute Gasteiger partial charge is 0.334 e. The van der Waals surface area contributed by atoms with E-state index in [4.69, 9.17) is 13.9 Å². The number of esters is 2. The molecule has 0 spiro atoms. The first-order valence-corrected chi connectivity index (χ1v) is 17.5. The summed E-state index contributed by atoms with van der Waals surface area (Å²) in [5.74, 6) is 0.794. The van der Waals surface area contributed by atoms with Crippen molar-refractivity contribution in [2.75, 3.05) is 0 Å². The molecule has 3 aliphatic rings. The zero-order valence-electron chi connectivity index (χ0n) is 24.8. The molecule has 1 saturated heterocycles. The number of carbonyl (C=O) groups excluding carboxylic acids is 2. The molecule has 6 heteroatoms. The molecule has 2 aliphatic carbocycles. The molecule has 37 heavy (non-hydrogen) atoms. The van der Waals surface area contributed by atoms with E-state index in [0.29, 0.717) is 11.8 Å². The number of rotatable bonds is 9. The van der Waals surface area contributed by atoms with Gasteiger partial charge < -0.3 is 13.9 Å². The maximum atomic E-state index is 13.2. The van der Waals surface area contributed by atoms with Crippen LogP contribution in [0.2, 0.25) is 13.1 Å². The van der Waals surface area contributed by atoms with E-state index in [1.807, 2.05) is 6.92 Å². The van der Waals surface area contributed by atoms with Crippen molar-refractivity contribution in [3.05, 3.63) is 23.8 Å². The average Bonchev–Trinajstić information content (AvgIpc) is 2.83. The molecule has 0 radical (unpaired) electrons. The normalized spacial score (nSPS) is 31.4. The highest BCUT2D eigenvalue weighted by Crippen LogP contribution is 2.46. The number of allylic oxidation sites excluding steroid dienone is 3. The van der Waals surface area contributed by atoms with Crippen LogP contribution in [0, 0.1) is 34.5 Å². The van der Waals surface area contributed by atoms with Gasteiger partial charge in [-0.05, 0) is 87.8 Å². The van der Waals surface area contributed by atoms with Gasteiger partial charge in [0.1, 0.15) is 18.3 Å². The zero-order valence-corrected chi connectivity index (χ0v) is 26.0. The molecule has 3 rings (SSSR count). The third-order valence-corrected chi connectivity index (χ3v) is 10.2. The van der Waals surface area contributed by atoms with Crippen molar-refractivity contribution in [3.63, 3.8) is 0 Å². The van der Waals surface area contributed by atoms with Crippen molar-refractivity contribution in [3.8, 4) is 0 Å². The van der Waals surface area contributed by atoms with Crippen molar-refractivity contribution < 1.29 is 23.5 Å². The van der Waals surface area contributed by atoms with E-state index < -0.39 is 20.6 Å². The zero-order chi connectivity index (χ0) is 27.5. The SMILES string of the molecule is CCC(C)(CC)C(=O)O[C@H]1CCC=C2C=CC[C@@H]([C@@H](C)C[C@@H]3C[C@H](C(C)(C)C)C(O[SiH](C)C)C(=O)O3)[C@H]21. The Morgan fingerprint density at radius 1 is 1.19 bits per heavy atom. The fraction of sp³-hybridized carbons (Fsp3) is 0.806. The lowest BCUT2D eigenvalue weighted by molar-refractivity contribution is -0.178. The minimum atomic E-state index is -1.37. The predicted octanol–water partition coefficient (Wildman–Crippen LogP) is 7.01. The molecule has 1 unspecified atom stereocenters. The minimum Gasteiger partial charge on any atom is -0.461 e. The lowest BCUT2D eigenvalue weighted by Gasteiger charge is -2.45. The Morgan fingerprint density at radius 3 is 2.46 bits per heavy atom. The summed E-state index contributed by atoms with van der Waals surface area (Å²) >= 11 is 0. The summed E-state index contributed by atoms with van der Waals surface area (Å²) in [6.45, 7) is 19.3. The third-order valence-electron chi connectivity index (χ3n) is 9.40. The highest BCUT2D eigenvalue weighted by atomic mass is 28.3. The molecule has 0 amide bonds. The lowest BCUT2D eigenvalue weighted by Crippen LogP contribution is -2.50. The predicted molar refractivity (Wildman–Crippen MR) is 152 cm³/mol. The quantitative estimate of drug-likeness (QED) is 0.236.